The fourth-order valence-electron chi connectivity index (χ4n) is 1.81. The number of hydrogen-bond acceptors (Lipinski definition) is 4. The molecule has 126 valence electrons. The summed E-state index contributed by atoms with van der Waals surface area (Å²) in [5.74, 6) is -0.0389. The molecule has 0 spiro atoms. The van der Waals surface area contributed by atoms with Crippen LogP contribution in [0.3, 0.4) is 0 Å². The van der Waals surface area contributed by atoms with Gasteiger partial charge in [0.1, 0.15) is 0 Å². The van der Waals surface area contributed by atoms with E-state index in [0.717, 1.165) is 51.4 Å². The third-order valence-corrected chi connectivity index (χ3v) is 2.98. The Bertz CT molecular complexity index is 320. The van der Waals surface area contributed by atoms with Crippen molar-refractivity contribution in [2.45, 2.75) is 78.1 Å². The number of nitrogens with one attached hydrogen (secondary N) is 2. The molecule has 0 rings (SSSR count). The Morgan fingerprint density at radius 3 is 1.45 bits per heavy atom. The van der Waals surface area contributed by atoms with Crippen LogP contribution in [-0.4, -0.2) is 24.2 Å². The first-order valence-electron chi connectivity index (χ1n) is 8.31. The van der Waals surface area contributed by atoms with E-state index in [9.17, 15) is 9.59 Å². The van der Waals surface area contributed by atoms with Crippen molar-refractivity contribution in [3.05, 3.63) is 0 Å². The van der Waals surface area contributed by atoms with Gasteiger partial charge in [-0.05, 0) is 25.7 Å². The van der Waals surface area contributed by atoms with E-state index < -0.39 is 0 Å². The zero-order valence-electron chi connectivity index (χ0n) is 13.9. The molecule has 0 aromatic heterocycles. The van der Waals surface area contributed by atoms with Gasteiger partial charge in [0.15, 0.2) is 0 Å². The van der Waals surface area contributed by atoms with Crippen LogP contribution in [0.4, 0.5) is 0 Å². The standard InChI is InChI=1S/C16H30N4O2/c1-3-13-17-19-15(21)11-9-7-5-6-8-10-12-16(22)20-18-14-4-2/h13-14H,3-12H2,1-2H3,(H,19,21)(H,20,22). The lowest BCUT2D eigenvalue weighted by Crippen LogP contribution is -2.16. The first-order valence-corrected chi connectivity index (χ1v) is 8.31. The fraction of sp³-hybridized carbons (Fsp3) is 0.750. The lowest BCUT2D eigenvalue weighted by molar-refractivity contribution is -0.122. The Hall–Kier alpha value is -1.72. The average Bonchev–Trinajstić information content (AvgIpc) is 2.50. The molecule has 0 saturated heterocycles. The number of nitrogens with zero attached hydrogens (tertiary/aromatic N) is 2. The molecule has 0 fully saturated rings. The molecule has 22 heavy (non-hydrogen) atoms. The number of hydrogen-bond donors (Lipinski definition) is 2. The van der Waals surface area contributed by atoms with Crippen LogP contribution in [0, 0.1) is 0 Å². The highest BCUT2D eigenvalue weighted by Gasteiger charge is 2.00. The van der Waals surface area contributed by atoms with E-state index in [1.807, 2.05) is 13.8 Å². The molecule has 0 saturated carbocycles. The van der Waals surface area contributed by atoms with Crippen LogP contribution in [-0.2, 0) is 9.59 Å². The van der Waals surface area contributed by atoms with Crippen LogP contribution in [0.25, 0.3) is 0 Å². The van der Waals surface area contributed by atoms with Crippen molar-refractivity contribution in [1.29, 1.82) is 0 Å². The molecule has 2 N–H and O–H groups in total. The third kappa shape index (κ3) is 14.7. The van der Waals surface area contributed by atoms with E-state index in [1.165, 1.54) is 0 Å². The van der Waals surface area contributed by atoms with Crippen LogP contribution in [0.2, 0.25) is 0 Å². The summed E-state index contributed by atoms with van der Waals surface area (Å²) in [6.07, 6.45) is 12.1. The van der Waals surface area contributed by atoms with Gasteiger partial charge in [-0.3, -0.25) is 9.59 Å². The smallest absolute Gasteiger partial charge is 0.240 e. The molecule has 0 atom stereocenters. The molecule has 0 aromatic carbocycles. The van der Waals surface area contributed by atoms with Crippen LogP contribution < -0.4 is 10.9 Å². The summed E-state index contributed by atoms with van der Waals surface area (Å²) >= 11 is 0. The summed E-state index contributed by atoms with van der Waals surface area (Å²) in [5, 5.41) is 7.60. The molecular formula is C16H30N4O2. The topological polar surface area (TPSA) is 82.9 Å². The molecule has 0 aromatic rings. The van der Waals surface area contributed by atoms with Gasteiger partial charge in [-0.2, -0.15) is 10.2 Å². The molecule has 0 aliphatic heterocycles. The maximum atomic E-state index is 11.4. The second kappa shape index (κ2) is 15.7. The normalized spacial score (nSPS) is 11.2. The Balaban J connectivity index is 3.33. The number of unbranched alkanes of at least 4 members (excludes halogenated alkanes) is 5. The highest BCUT2D eigenvalue weighted by Crippen LogP contribution is 2.08. The van der Waals surface area contributed by atoms with Gasteiger partial charge in [0.05, 0.1) is 0 Å². The maximum Gasteiger partial charge on any atom is 0.240 e. The average molecular weight is 310 g/mol. The number of rotatable bonds is 13. The summed E-state index contributed by atoms with van der Waals surface area (Å²) in [5.41, 5.74) is 5.01. The number of carbonyl (C=O) groups excluding carboxylic acids is 2. The first kappa shape index (κ1) is 20.3. The Morgan fingerprint density at radius 1 is 0.727 bits per heavy atom. The lowest BCUT2D eigenvalue weighted by Gasteiger charge is -2.02. The summed E-state index contributed by atoms with van der Waals surface area (Å²) in [7, 11) is 0. The van der Waals surface area contributed by atoms with Gasteiger partial charge in [0.2, 0.25) is 11.8 Å². The van der Waals surface area contributed by atoms with Crippen molar-refractivity contribution in [2.75, 3.05) is 0 Å². The van der Waals surface area contributed by atoms with Crippen LogP contribution >= 0.6 is 0 Å². The quantitative estimate of drug-likeness (QED) is 0.311. The van der Waals surface area contributed by atoms with Crippen molar-refractivity contribution >= 4 is 24.2 Å². The zero-order chi connectivity index (χ0) is 16.5. The maximum absolute atomic E-state index is 11.4. The highest BCUT2D eigenvalue weighted by molar-refractivity contribution is 5.77. The van der Waals surface area contributed by atoms with Gasteiger partial charge in [-0.15, -0.1) is 0 Å². The number of carbonyl (C=O) groups is 2. The van der Waals surface area contributed by atoms with E-state index in [-0.39, 0.29) is 11.8 Å². The minimum Gasteiger partial charge on any atom is -0.273 e. The predicted molar refractivity (Wildman–Crippen MR) is 90.8 cm³/mol. The zero-order valence-corrected chi connectivity index (χ0v) is 13.9. The first-order chi connectivity index (χ1) is 10.7. The molecular weight excluding hydrogens is 280 g/mol. The van der Waals surface area contributed by atoms with E-state index in [2.05, 4.69) is 21.1 Å². The summed E-state index contributed by atoms with van der Waals surface area (Å²) in [6, 6.07) is 0. The van der Waals surface area contributed by atoms with Crippen molar-refractivity contribution in [1.82, 2.24) is 10.9 Å². The minimum atomic E-state index is -0.0194. The van der Waals surface area contributed by atoms with Crippen molar-refractivity contribution in [2.24, 2.45) is 10.2 Å². The van der Waals surface area contributed by atoms with Gasteiger partial charge >= 0.3 is 0 Å². The summed E-state index contributed by atoms with van der Waals surface area (Å²) < 4.78 is 0. The molecule has 0 bridgehead atoms. The van der Waals surface area contributed by atoms with Crippen molar-refractivity contribution in [3.63, 3.8) is 0 Å². The van der Waals surface area contributed by atoms with Crippen LogP contribution in [0.5, 0.6) is 0 Å². The second-order valence-corrected chi connectivity index (χ2v) is 5.13. The summed E-state index contributed by atoms with van der Waals surface area (Å²) in [6.45, 7) is 3.94. The van der Waals surface area contributed by atoms with E-state index >= 15 is 0 Å². The minimum absolute atomic E-state index is 0.0194. The number of hydrazone groups is 2. The molecule has 6 heteroatoms. The largest absolute Gasteiger partial charge is 0.273 e. The molecule has 2 amide bonds. The van der Waals surface area contributed by atoms with Gasteiger partial charge in [0.25, 0.3) is 0 Å². The number of amides is 2. The molecule has 0 heterocycles. The predicted octanol–water partition coefficient (Wildman–Crippen LogP) is 3.13. The molecule has 0 radical (unpaired) electrons. The lowest BCUT2D eigenvalue weighted by atomic mass is 10.1. The second-order valence-electron chi connectivity index (χ2n) is 5.13. The Morgan fingerprint density at radius 2 is 1.09 bits per heavy atom. The molecule has 0 aliphatic carbocycles. The van der Waals surface area contributed by atoms with Crippen molar-refractivity contribution < 1.29 is 9.59 Å². The van der Waals surface area contributed by atoms with Crippen LogP contribution in [0.15, 0.2) is 10.2 Å². The van der Waals surface area contributed by atoms with Gasteiger partial charge in [-0.25, -0.2) is 10.9 Å². The van der Waals surface area contributed by atoms with E-state index in [4.69, 9.17) is 0 Å². The van der Waals surface area contributed by atoms with Gasteiger partial charge < -0.3 is 0 Å². The molecule has 0 unspecified atom stereocenters. The Kier molecular flexibility index (Phi) is 14.4. The molecule has 6 nitrogen and oxygen atoms in total. The van der Waals surface area contributed by atoms with Crippen molar-refractivity contribution in [3.8, 4) is 0 Å². The van der Waals surface area contributed by atoms with Gasteiger partial charge in [0, 0.05) is 25.3 Å². The summed E-state index contributed by atoms with van der Waals surface area (Å²) in [4.78, 5) is 22.7. The monoisotopic (exact) mass is 310 g/mol. The fourth-order valence-corrected chi connectivity index (χ4v) is 1.81. The highest BCUT2D eigenvalue weighted by atomic mass is 16.2. The SMILES string of the molecule is CCC=NNC(=O)CCCCCCCCC(=O)NN=CCC. The van der Waals surface area contributed by atoms with Gasteiger partial charge in [-0.1, -0.05) is 39.5 Å². The van der Waals surface area contributed by atoms with Crippen LogP contribution in [0.1, 0.15) is 78.1 Å². The molecule has 0 aliphatic rings. The Labute approximate surface area is 133 Å². The van der Waals surface area contributed by atoms with E-state index in [0.29, 0.717) is 12.8 Å². The third-order valence-electron chi connectivity index (χ3n) is 2.98. The van der Waals surface area contributed by atoms with E-state index in [1.54, 1.807) is 12.4 Å².